The van der Waals surface area contributed by atoms with Crippen LogP contribution in [0.15, 0.2) is 36.4 Å². The van der Waals surface area contributed by atoms with Crippen molar-refractivity contribution in [1.29, 1.82) is 0 Å². The van der Waals surface area contributed by atoms with Crippen LogP contribution < -0.4 is 14.2 Å². The first-order valence-corrected chi connectivity index (χ1v) is 9.75. The first-order chi connectivity index (χ1) is 13.8. The highest BCUT2D eigenvalue weighted by molar-refractivity contribution is 7.99. The van der Waals surface area contributed by atoms with Crippen LogP contribution in [0.25, 0.3) is 0 Å². The third kappa shape index (κ3) is 4.10. The number of ether oxygens (including phenoxy) is 3. The number of methoxy groups -OCH3 is 3. The highest BCUT2D eigenvalue weighted by Gasteiger charge is 2.39. The van der Waals surface area contributed by atoms with Crippen LogP contribution in [0.2, 0.25) is 0 Å². The molecule has 3 rings (SSSR count). The van der Waals surface area contributed by atoms with Crippen LogP contribution in [0.4, 0.5) is 13.2 Å². The molecular weight excluding hydrogens is 407 g/mol. The predicted molar refractivity (Wildman–Crippen MR) is 104 cm³/mol. The van der Waals surface area contributed by atoms with Gasteiger partial charge in [-0.05, 0) is 18.2 Å². The summed E-state index contributed by atoms with van der Waals surface area (Å²) in [6.45, 7) is 0.317. The summed E-state index contributed by atoms with van der Waals surface area (Å²) in [7, 11) is 4.46. The Labute approximate surface area is 170 Å². The van der Waals surface area contributed by atoms with Gasteiger partial charge >= 0.3 is 6.18 Å². The van der Waals surface area contributed by atoms with Gasteiger partial charge in [0.05, 0.1) is 32.5 Å². The molecular formula is C20H20F3NO4S. The van der Waals surface area contributed by atoms with Crippen molar-refractivity contribution in [3.8, 4) is 17.2 Å². The topological polar surface area (TPSA) is 48.0 Å². The molecule has 2 aromatic carbocycles. The van der Waals surface area contributed by atoms with E-state index in [0.717, 1.165) is 6.07 Å². The van der Waals surface area contributed by atoms with Crippen molar-refractivity contribution in [3.05, 3.63) is 53.1 Å². The monoisotopic (exact) mass is 427 g/mol. The van der Waals surface area contributed by atoms with Crippen molar-refractivity contribution in [2.24, 2.45) is 0 Å². The van der Waals surface area contributed by atoms with Crippen molar-refractivity contribution in [1.82, 2.24) is 4.90 Å². The second-order valence-electron chi connectivity index (χ2n) is 6.21. The van der Waals surface area contributed by atoms with Gasteiger partial charge in [-0.3, -0.25) is 4.79 Å². The minimum atomic E-state index is -4.62. The number of nitrogens with zero attached hydrogens (tertiary/aromatic N) is 1. The lowest BCUT2D eigenvalue weighted by molar-refractivity contribution is -0.138. The number of amides is 1. The highest BCUT2D eigenvalue weighted by Crippen LogP contribution is 2.47. The number of alkyl halides is 3. The van der Waals surface area contributed by atoms with Gasteiger partial charge in [0.1, 0.15) is 11.1 Å². The zero-order valence-electron chi connectivity index (χ0n) is 16.1. The largest absolute Gasteiger partial charge is 0.496 e. The van der Waals surface area contributed by atoms with E-state index in [1.54, 1.807) is 12.1 Å². The SMILES string of the molecule is COc1cc(OC)c(C2SCCN2C(=O)c2ccccc2C(F)(F)F)cc1OC. The zero-order chi connectivity index (χ0) is 21.2. The normalized spacial score (nSPS) is 16.6. The summed E-state index contributed by atoms with van der Waals surface area (Å²) in [6, 6.07) is 8.15. The van der Waals surface area contributed by atoms with E-state index in [1.807, 2.05) is 0 Å². The van der Waals surface area contributed by atoms with Gasteiger partial charge in [0.15, 0.2) is 11.5 Å². The van der Waals surface area contributed by atoms with Crippen LogP contribution in [0.5, 0.6) is 17.2 Å². The van der Waals surface area contributed by atoms with Crippen LogP contribution in [0.3, 0.4) is 0 Å². The van der Waals surface area contributed by atoms with E-state index in [0.29, 0.717) is 35.1 Å². The highest BCUT2D eigenvalue weighted by atomic mass is 32.2. The number of hydrogen-bond acceptors (Lipinski definition) is 5. The van der Waals surface area contributed by atoms with E-state index in [1.165, 1.54) is 56.2 Å². The molecule has 0 aliphatic carbocycles. The lowest BCUT2D eigenvalue weighted by Crippen LogP contribution is -2.32. The molecule has 1 saturated heterocycles. The molecule has 0 N–H and O–H groups in total. The Morgan fingerprint density at radius 2 is 1.66 bits per heavy atom. The summed E-state index contributed by atoms with van der Waals surface area (Å²) in [6.07, 6.45) is -4.62. The van der Waals surface area contributed by atoms with Crippen molar-refractivity contribution in [2.75, 3.05) is 33.6 Å². The molecule has 0 bridgehead atoms. The average molecular weight is 427 g/mol. The lowest BCUT2D eigenvalue weighted by Gasteiger charge is -2.27. The van der Waals surface area contributed by atoms with E-state index in [-0.39, 0.29) is 5.56 Å². The quantitative estimate of drug-likeness (QED) is 0.697. The Balaban J connectivity index is 2.03. The van der Waals surface area contributed by atoms with Gasteiger partial charge in [0, 0.05) is 23.9 Å². The first kappa shape index (κ1) is 21.2. The summed E-state index contributed by atoms with van der Waals surface area (Å²) in [5.41, 5.74) is -0.683. The Morgan fingerprint density at radius 1 is 1.03 bits per heavy atom. The van der Waals surface area contributed by atoms with Gasteiger partial charge in [-0.2, -0.15) is 13.2 Å². The third-order valence-electron chi connectivity index (χ3n) is 4.62. The third-order valence-corrected chi connectivity index (χ3v) is 5.86. The molecule has 1 aliphatic heterocycles. The van der Waals surface area contributed by atoms with Gasteiger partial charge < -0.3 is 19.1 Å². The number of hydrogen-bond donors (Lipinski definition) is 0. The maximum atomic E-state index is 13.4. The van der Waals surface area contributed by atoms with Crippen molar-refractivity contribution in [2.45, 2.75) is 11.6 Å². The van der Waals surface area contributed by atoms with Gasteiger partial charge in [0.25, 0.3) is 5.91 Å². The number of rotatable bonds is 5. The van der Waals surface area contributed by atoms with Crippen LogP contribution in [0.1, 0.15) is 26.9 Å². The van der Waals surface area contributed by atoms with Gasteiger partial charge in [0.2, 0.25) is 0 Å². The van der Waals surface area contributed by atoms with Crippen LogP contribution in [-0.4, -0.2) is 44.4 Å². The maximum Gasteiger partial charge on any atom is 0.417 e. The van der Waals surface area contributed by atoms with Crippen molar-refractivity contribution < 1.29 is 32.2 Å². The molecule has 2 aromatic rings. The van der Waals surface area contributed by atoms with Crippen LogP contribution in [0, 0.1) is 0 Å². The maximum absolute atomic E-state index is 13.4. The minimum Gasteiger partial charge on any atom is -0.496 e. The number of benzene rings is 2. The Bertz CT molecular complexity index is 904. The number of carbonyl (C=O) groups excluding carboxylic acids is 1. The molecule has 1 amide bonds. The van der Waals surface area contributed by atoms with Gasteiger partial charge in [-0.25, -0.2) is 0 Å². The zero-order valence-corrected chi connectivity index (χ0v) is 16.9. The fourth-order valence-electron chi connectivity index (χ4n) is 3.25. The summed E-state index contributed by atoms with van der Waals surface area (Å²) in [5, 5.41) is -0.515. The molecule has 156 valence electrons. The summed E-state index contributed by atoms with van der Waals surface area (Å²) < 4.78 is 56.2. The summed E-state index contributed by atoms with van der Waals surface area (Å²) >= 11 is 1.45. The molecule has 9 heteroatoms. The fourth-order valence-corrected chi connectivity index (χ4v) is 4.52. The molecule has 1 atom stereocenters. The molecule has 29 heavy (non-hydrogen) atoms. The van der Waals surface area contributed by atoms with E-state index in [9.17, 15) is 18.0 Å². The van der Waals surface area contributed by atoms with Crippen LogP contribution in [-0.2, 0) is 6.18 Å². The van der Waals surface area contributed by atoms with E-state index in [2.05, 4.69) is 0 Å². The Kier molecular flexibility index (Phi) is 6.16. The minimum absolute atomic E-state index is 0.317. The van der Waals surface area contributed by atoms with E-state index >= 15 is 0 Å². The Morgan fingerprint density at radius 3 is 2.28 bits per heavy atom. The van der Waals surface area contributed by atoms with Crippen molar-refractivity contribution in [3.63, 3.8) is 0 Å². The van der Waals surface area contributed by atoms with E-state index in [4.69, 9.17) is 14.2 Å². The summed E-state index contributed by atoms with van der Waals surface area (Å²) in [5.74, 6) is 1.27. The average Bonchev–Trinajstić information content (AvgIpc) is 3.21. The Hall–Kier alpha value is -2.55. The number of carbonyl (C=O) groups is 1. The van der Waals surface area contributed by atoms with Crippen molar-refractivity contribution >= 4 is 17.7 Å². The van der Waals surface area contributed by atoms with Gasteiger partial charge in [-0.15, -0.1) is 11.8 Å². The summed E-state index contributed by atoms with van der Waals surface area (Å²) in [4.78, 5) is 14.5. The smallest absolute Gasteiger partial charge is 0.417 e. The van der Waals surface area contributed by atoms with Crippen LogP contribution >= 0.6 is 11.8 Å². The predicted octanol–water partition coefficient (Wildman–Crippen LogP) is 4.62. The molecule has 0 spiro atoms. The molecule has 5 nitrogen and oxygen atoms in total. The molecule has 0 radical (unpaired) electrons. The first-order valence-electron chi connectivity index (χ1n) is 8.70. The second-order valence-corrected chi connectivity index (χ2v) is 7.40. The van der Waals surface area contributed by atoms with Gasteiger partial charge in [-0.1, -0.05) is 12.1 Å². The molecule has 0 aromatic heterocycles. The molecule has 0 saturated carbocycles. The molecule has 1 fully saturated rings. The standard InChI is InChI=1S/C20H20F3NO4S/c1-26-15-11-17(28-3)16(27-2)10-13(15)19-24(8-9-29-19)18(25)12-6-4-5-7-14(12)20(21,22)23/h4-7,10-11,19H,8-9H2,1-3H3. The molecule has 1 unspecified atom stereocenters. The number of halogens is 3. The fraction of sp³-hybridized carbons (Fsp3) is 0.350. The van der Waals surface area contributed by atoms with E-state index < -0.39 is 23.0 Å². The second kappa shape index (κ2) is 8.44. The molecule has 1 heterocycles. The molecule has 1 aliphatic rings. The lowest BCUT2D eigenvalue weighted by atomic mass is 10.0. The number of thioether (sulfide) groups is 1.